The number of fused-ring (bicyclic) bond motifs is 2. The minimum atomic E-state index is -0.953. The van der Waals surface area contributed by atoms with Crippen LogP contribution in [0.2, 0.25) is 0 Å². The van der Waals surface area contributed by atoms with Crippen molar-refractivity contribution in [3.63, 3.8) is 0 Å². The number of phenolic OH excluding ortho intramolecular Hbond substituents is 1. The zero-order chi connectivity index (χ0) is 15.7. The van der Waals surface area contributed by atoms with Crippen molar-refractivity contribution in [2.24, 2.45) is 0 Å². The van der Waals surface area contributed by atoms with Gasteiger partial charge in [0, 0.05) is 5.46 Å². The molecule has 0 amide bonds. The maximum absolute atomic E-state index is 9.34. The van der Waals surface area contributed by atoms with Gasteiger partial charge in [-0.05, 0) is 29.6 Å². The van der Waals surface area contributed by atoms with Crippen LogP contribution in [0.3, 0.4) is 0 Å². The maximum atomic E-state index is 9.34. The molecule has 112 valence electrons. The maximum Gasteiger partial charge on any atom is 0.495 e. The lowest BCUT2D eigenvalue weighted by molar-refractivity contribution is 0.275. The van der Waals surface area contributed by atoms with E-state index in [-0.39, 0.29) is 5.75 Å². The van der Waals surface area contributed by atoms with Gasteiger partial charge in [-0.25, -0.2) is 0 Å². The molecule has 7 heteroatoms. The highest BCUT2D eigenvalue weighted by Crippen LogP contribution is 2.16. The van der Waals surface area contributed by atoms with Gasteiger partial charge >= 0.3 is 14.2 Å². The number of aromatic hydroxyl groups is 1. The van der Waals surface area contributed by atoms with E-state index >= 15 is 0 Å². The molecule has 0 saturated carbocycles. The monoisotopic (exact) mass is 298 g/mol. The van der Waals surface area contributed by atoms with Crippen LogP contribution in [0.4, 0.5) is 0 Å². The summed E-state index contributed by atoms with van der Waals surface area (Å²) in [7, 11) is -1.66. The van der Waals surface area contributed by atoms with Gasteiger partial charge in [-0.3, -0.25) is 0 Å². The highest BCUT2D eigenvalue weighted by Gasteiger charge is 2.30. The molecule has 2 heterocycles. The molecule has 0 bridgehead atoms. The van der Waals surface area contributed by atoms with Gasteiger partial charge in [0.15, 0.2) is 0 Å². The Morgan fingerprint density at radius 3 is 2.00 bits per heavy atom. The van der Waals surface area contributed by atoms with Gasteiger partial charge in [-0.15, -0.1) is 0 Å². The SMILES string of the molecule is Cc1cccc2c1B(O)OC2.OB1OCc2cccc(O)c21. The summed E-state index contributed by atoms with van der Waals surface area (Å²) in [5.41, 5.74) is 4.53. The summed E-state index contributed by atoms with van der Waals surface area (Å²) in [6.07, 6.45) is 0. The molecular weight excluding hydrogens is 282 g/mol. The Balaban J connectivity index is 0.000000131. The quantitative estimate of drug-likeness (QED) is 0.588. The number of benzene rings is 2. The molecule has 4 rings (SSSR count). The number of phenols is 1. The van der Waals surface area contributed by atoms with E-state index in [9.17, 15) is 15.2 Å². The van der Waals surface area contributed by atoms with E-state index < -0.39 is 14.2 Å². The summed E-state index contributed by atoms with van der Waals surface area (Å²) in [5, 5.41) is 27.8. The Kier molecular flexibility index (Phi) is 4.22. The van der Waals surface area contributed by atoms with Crippen LogP contribution in [0, 0.1) is 6.92 Å². The van der Waals surface area contributed by atoms with E-state index in [0.29, 0.717) is 18.7 Å². The zero-order valence-corrected chi connectivity index (χ0v) is 12.2. The van der Waals surface area contributed by atoms with Crippen LogP contribution in [0.15, 0.2) is 36.4 Å². The lowest BCUT2D eigenvalue weighted by Crippen LogP contribution is -2.30. The topological polar surface area (TPSA) is 79.2 Å². The van der Waals surface area contributed by atoms with Crippen LogP contribution in [0.25, 0.3) is 0 Å². The first-order chi connectivity index (χ1) is 10.6. The predicted octanol–water partition coefficient (Wildman–Crippen LogP) is -0.177. The molecule has 0 spiro atoms. The minimum Gasteiger partial charge on any atom is -0.508 e. The molecule has 0 unspecified atom stereocenters. The summed E-state index contributed by atoms with van der Waals surface area (Å²) >= 11 is 0. The molecule has 2 aromatic carbocycles. The molecule has 0 atom stereocenters. The van der Waals surface area contributed by atoms with E-state index in [1.165, 1.54) is 6.07 Å². The standard InChI is InChI=1S/C8H9BO2.C7H7BO3/c1-6-3-2-4-7-5-11-9(10)8(6)7;9-6-3-1-2-5-4-11-8(10)7(5)6/h2-4,10H,5H2,1H3;1-3,9-10H,4H2. The Labute approximate surface area is 129 Å². The average Bonchev–Trinajstić information content (AvgIpc) is 3.06. The van der Waals surface area contributed by atoms with E-state index in [0.717, 1.165) is 22.2 Å². The fraction of sp³-hybridized carbons (Fsp3) is 0.200. The first-order valence-electron chi connectivity index (χ1n) is 7.06. The van der Waals surface area contributed by atoms with E-state index in [1.807, 2.05) is 31.2 Å². The van der Waals surface area contributed by atoms with Gasteiger partial charge in [0.1, 0.15) is 5.75 Å². The third-order valence-electron chi connectivity index (χ3n) is 3.88. The summed E-state index contributed by atoms with van der Waals surface area (Å²) < 4.78 is 9.96. The van der Waals surface area contributed by atoms with Gasteiger partial charge in [0.05, 0.1) is 13.2 Å². The van der Waals surface area contributed by atoms with Crippen molar-refractivity contribution in [1.29, 1.82) is 0 Å². The van der Waals surface area contributed by atoms with E-state index in [4.69, 9.17) is 9.31 Å². The normalized spacial score (nSPS) is 15.2. The zero-order valence-electron chi connectivity index (χ0n) is 12.2. The third kappa shape index (κ3) is 2.76. The molecular formula is C15H16B2O5. The lowest BCUT2D eigenvalue weighted by Gasteiger charge is -2.00. The van der Waals surface area contributed by atoms with Crippen molar-refractivity contribution < 1.29 is 24.5 Å². The highest BCUT2D eigenvalue weighted by molar-refractivity contribution is 6.62. The summed E-state index contributed by atoms with van der Waals surface area (Å²) in [6.45, 7) is 2.90. The molecule has 0 radical (unpaired) electrons. The first kappa shape index (κ1) is 15.1. The van der Waals surface area contributed by atoms with Crippen molar-refractivity contribution in [3.05, 3.63) is 53.1 Å². The molecule has 22 heavy (non-hydrogen) atoms. The lowest BCUT2D eigenvalue weighted by atomic mass is 9.77. The molecule has 2 aliphatic heterocycles. The second-order valence-electron chi connectivity index (χ2n) is 5.32. The molecule has 0 aliphatic carbocycles. The summed E-state index contributed by atoms with van der Waals surface area (Å²) in [4.78, 5) is 0. The van der Waals surface area contributed by atoms with Gasteiger partial charge in [-0.1, -0.05) is 35.9 Å². The van der Waals surface area contributed by atoms with Crippen LogP contribution < -0.4 is 10.9 Å². The first-order valence-corrected chi connectivity index (χ1v) is 7.06. The second kappa shape index (κ2) is 6.14. The molecule has 5 nitrogen and oxygen atoms in total. The van der Waals surface area contributed by atoms with Gasteiger partial charge in [0.2, 0.25) is 0 Å². The molecule has 0 aromatic heterocycles. The second-order valence-corrected chi connectivity index (χ2v) is 5.32. The van der Waals surface area contributed by atoms with Gasteiger partial charge < -0.3 is 24.5 Å². The van der Waals surface area contributed by atoms with Crippen molar-refractivity contribution in [3.8, 4) is 5.75 Å². The summed E-state index contributed by atoms with van der Waals surface area (Å²) in [5.74, 6) is 0.104. The molecule has 0 fully saturated rings. The smallest absolute Gasteiger partial charge is 0.495 e. The Morgan fingerprint density at radius 1 is 0.864 bits per heavy atom. The summed E-state index contributed by atoms with van der Waals surface area (Å²) in [6, 6.07) is 11.0. The molecule has 0 saturated heterocycles. The van der Waals surface area contributed by atoms with Crippen molar-refractivity contribution in [2.45, 2.75) is 20.1 Å². The van der Waals surface area contributed by atoms with Crippen molar-refractivity contribution in [1.82, 2.24) is 0 Å². The Hall–Kier alpha value is -1.79. The van der Waals surface area contributed by atoms with Crippen LogP contribution in [-0.2, 0) is 22.5 Å². The van der Waals surface area contributed by atoms with Crippen LogP contribution in [0.5, 0.6) is 5.75 Å². The molecule has 3 N–H and O–H groups in total. The number of hydrogen-bond acceptors (Lipinski definition) is 5. The number of rotatable bonds is 0. The predicted molar refractivity (Wildman–Crippen MR) is 84.1 cm³/mol. The molecule has 2 aliphatic rings. The van der Waals surface area contributed by atoms with Crippen molar-refractivity contribution >= 4 is 25.2 Å². The highest BCUT2D eigenvalue weighted by atomic mass is 16.5. The van der Waals surface area contributed by atoms with Crippen molar-refractivity contribution in [2.75, 3.05) is 0 Å². The number of aryl methyl sites for hydroxylation is 1. The fourth-order valence-corrected chi connectivity index (χ4v) is 2.74. The van der Waals surface area contributed by atoms with Gasteiger partial charge in [-0.2, -0.15) is 0 Å². The van der Waals surface area contributed by atoms with Crippen LogP contribution in [0.1, 0.15) is 16.7 Å². The average molecular weight is 298 g/mol. The Bertz CT molecular complexity index is 632. The minimum absolute atomic E-state index is 0.104. The largest absolute Gasteiger partial charge is 0.508 e. The van der Waals surface area contributed by atoms with E-state index in [2.05, 4.69) is 0 Å². The Morgan fingerprint density at radius 2 is 1.41 bits per heavy atom. The third-order valence-corrected chi connectivity index (χ3v) is 3.88. The van der Waals surface area contributed by atoms with E-state index in [1.54, 1.807) is 6.07 Å². The van der Waals surface area contributed by atoms with Crippen LogP contribution >= 0.6 is 0 Å². The van der Waals surface area contributed by atoms with Crippen LogP contribution in [-0.4, -0.2) is 29.4 Å². The number of hydrogen-bond donors (Lipinski definition) is 3. The molecule has 2 aromatic rings. The fourth-order valence-electron chi connectivity index (χ4n) is 2.74. The van der Waals surface area contributed by atoms with Gasteiger partial charge in [0.25, 0.3) is 0 Å².